The molecular weight excluding hydrogens is 666 g/mol. The number of carbonyl (C=O) groups is 4. The standard InChI is InChI=1S/C33H33BrClN3O7/c1-19-9-8-12-22(35)27(19)37-14-7-3-6-13-24(40)44-18-23(20-10-4-2-5-11-20)36-30(41)25-26-31(42)38(15-16-39)29(32(37)43)33(26)17-21(34)28(25)45-33/h2-5,7-12,17,23,25-26,28-29,39H,6,13-16,18H2,1H3,(H,36,41)/b7-3-/t23-,25-,26+,28-,29-,33+/m1/s1. The molecule has 0 radical (unpaired) electrons. The van der Waals surface area contributed by atoms with Crippen LogP contribution >= 0.6 is 27.5 Å². The predicted octanol–water partition coefficient (Wildman–Crippen LogP) is 3.60. The first-order valence-electron chi connectivity index (χ1n) is 14.9. The number of cyclic esters (lactones) is 1. The maximum Gasteiger partial charge on any atom is 0.306 e. The van der Waals surface area contributed by atoms with E-state index >= 15 is 0 Å². The average molecular weight is 699 g/mol. The lowest BCUT2D eigenvalue weighted by Gasteiger charge is -2.36. The molecule has 236 valence electrons. The van der Waals surface area contributed by atoms with Gasteiger partial charge in [0.1, 0.15) is 24.4 Å². The molecular formula is C33H33BrClN3O7. The molecule has 3 amide bonds. The first kappa shape index (κ1) is 31.5. The van der Waals surface area contributed by atoms with Crippen molar-refractivity contribution in [1.29, 1.82) is 0 Å². The smallest absolute Gasteiger partial charge is 0.306 e. The zero-order valence-electron chi connectivity index (χ0n) is 24.5. The molecule has 6 atom stereocenters. The zero-order chi connectivity index (χ0) is 31.9. The normalized spacial score (nSPS) is 31.0. The van der Waals surface area contributed by atoms with Gasteiger partial charge in [-0.15, -0.1) is 0 Å². The molecule has 0 saturated carbocycles. The Hall–Kier alpha value is -3.51. The van der Waals surface area contributed by atoms with Crippen molar-refractivity contribution in [1.82, 2.24) is 10.2 Å². The number of hydrogen-bond donors (Lipinski definition) is 2. The second-order valence-corrected chi connectivity index (χ2v) is 12.9. The number of hydrogen-bond acceptors (Lipinski definition) is 7. The number of aliphatic hydroxyl groups excluding tert-OH is 1. The Balaban J connectivity index is 1.47. The summed E-state index contributed by atoms with van der Waals surface area (Å²) in [4.78, 5) is 58.7. The Labute approximate surface area is 274 Å². The number of β-amino-alcohol motifs (C(OH)–C–C–N with tert-alkyl or cyclic N) is 1. The summed E-state index contributed by atoms with van der Waals surface area (Å²) in [6.45, 7) is 1.30. The van der Waals surface area contributed by atoms with Crippen LogP contribution in [-0.4, -0.2) is 77.7 Å². The van der Waals surface area contributed by atoms with Gasteiger partial charge in [0, 0.05) is 24.0 Å². The second kappa shape index (κ2) is 12.7. The fourth-order valence-corrected chi connectivity index (χ4v) is 8.03. The lowest BCUT2D eigenvalue weighted by Crippen LogP contribution is -2.56. The van der Waals surface area contributed by atoms with Gasteiger partial charge >= 0.3 is 5.97 Å². The number of fused-ring (bicyclic) bond motifs is 2. The maximum atomic E-state index is 14.8. The largest absolute Gasteiger partial charge is 0.463 e. The summed E-state index contributed by atoms with van der Waals surface area (Å²) in [5, 5.41) is 13.4. The third-order valence-corrected chi connectivity index (χ3v) is 9.91. The van der Waals surface area contributed by atoms with Gasteiger partial charge in [-0.05, 0) is 36.6 Å². The van der Waals surface area contributed by atoms with Crippen molar-refractivity contribution in [3.8, 4) is 0 Å². The van der Waals surface area contributed by atoms with Crippen molar-refractivity contribution in [2.24, 2.45) is 11.8 Å². The van der Waals surface area contributed by atoms with Crippen molar-refractivity contribution >= 4 is 56.9 Å². The number of nitrogens with one attached hydrogen (secondary N) is 1. The number of esters is 1. The zero-order valence-corrected chi connectivity index (χ0v) is 26.9. The maximum absolute atomic E-state index is 14.8. The molecule has 10 nitrogen and oxygen atoms in total. The second-order valence-electron chi connectivity index (χ2n) is 11.6. The number of para-hydroxylation sites is 1. The number of allylic oxidation sites excluding steroid dienone is 1. The highest BCUT2D eigenvalue weighted by atomic mass is 79.9. The number of halogens is 2. The number of aliphatic hydroxyl groups is 1. The molecule has 0 unspecified atom stereocenters. The summed E-state index contributed by atoms with van der Waals surface area (Å²) in [5.41, 5.74) is 0.457. The van der Waals surface area contributed by atoms with Crippen LogP contribution in [0.4, 0.5) is 5.69 Å². The SMILES string of the molecule is Cc1cccc(Cl)c1N1C/C=C\CCC(=O)OC[C@H](c2ccccc2)NC(=O)[C@H]2[C@@H]3O[C@@]4(C=C3Br)[C@@H]2C(=O)N(CCO)[C@@H]4C1=O. The number of ether oxygens (including phenoxy) is 2. The molecule has 4 aliphatic heterocycles. The molecule has 2 aromatic rings. The summed E-state index contributed by atoms with van der Waals surface area (Å²) in [7, 11) is 0. The quantitative estimate of drug-likeness (QED) is 0.370. The highest BCUT2D eigenvalue weighted by Crippen LogP contribution is 2.58. The Morgan fingerprint density at radius 1 is 1.07 bits per heavy atom. The number of likely N-dealkylation sites (tertiary alicyclic amines) is 1. The van der Waals surface area contributed by atoms with Gasteiger partial charge in [0.15, 0.2) is 0 Å². The molecule has 4 heterocycles. The van der Waals surface area contributed by atoms with E-state index in [4.69, 9.17) is 21.1 Å². The van der Waals surface area contributed by atoms with E-state index in [-0.39, 0.29) is 26.1 Å². The lowest BCUT2D eigenvalue weighted by molar-refractivity contribution is -0.145. The van der Waals surface area contributed by atoms with Crippen molar-refractivity contribution in [2.75, 3.05) is 31.2 Å². The van der Waals surface area contributed by atoms with Gasteiger partial charge in [0.25, 0.3) is 5.91 Å². The van der Waals surface area contributed by atoms with Gasteiger partial charge in [-0.1, -0.05) is 82.1 Å². The first-order chi connectivity index (χ1) is 21.7. The molecule has 1 spiro atoms. The minimum atomic E-state index is -1.48. The van der Waals surface area contributed by atoms with E-state index in [1.165, 1.54) is 9.80 Å². The van der Waals surface area contributed by atoms with Gasteiger partial charge in [0.05, 0.1) is 35.2 Å². The lowest BCUT2D eigenvalue weighted by atomic mass is 9.74. The number of aryl methyl sites for hydroxylation is 1. The minimum absolute atomic E-state index is 0.0885. The van der Waals surface area contributed by atoms with Crippen LogP contribution in [0.25, 0.3) is 0 Å². The van der Waals surface area contributed by atoms with Crippen LogP contribution in [0.15, 0.2) is 71.2 Å². The Kier molecular flexibility index (Phi) is 8.89. The molecule has 0 aromatic heterocycles. The van der Waals surface area contributed by atoms with E-state index in [1.54, 1.807) is 30.4 Å². The summed E-state index contributed by atoms with van der Waals surface area (Å²) >= 11 is 10.2. The van der Waals surface area contributed by atoms with E-state index in [0.29, 0.717) is 21.6 Å². The number of nitrogens with zero attached hydrogens (tertiary/aromatic N) is 2. The minimum Gasteiger partial charge on any atom is -0.463 e. The van der Waals surface area contributed by atoms with Crippen molar-refractivity contribution < 1.29 is 33.8 Å². The molecule has 2 aromatic carbocycles. The molecule has 12 heteroatoms. The number of amides is 3. The topological polar surface area (TPSA) is 125 Å². The fraction of sp³-hybridized carbons (Fsp3) is 0.394. The number of anilines is 1. The molecule has 2 saturated heterocycles. The monoisotopic (exact) mass is 697 g/mol. The van der Waals surface area contributed by atoms with E-state index < -0.39 is 65.9 Å². The molecule has 2 N–H and O–H groups in total. The Morgan fingerprint density at radius 2 is 1.84 bits per heavy atom. The first-order valence-corrected chi connectivity index (χ1v) is 16.0. The van der Waals surface area contributed by atoms with Crippen LogP contribution in [0.2, 0.25) is 5.02 Å². The van der Waals surface area contributed by atoms with Gasteiger partial charge in [0.2, 0.25) is 11.8 Å². The number of rotatable bonds is 4. The highest BCUT2D eigenvalue weighted by Gasteiger charge is 2.74. The van der Waals surface area contributed by atoms with Crippen LogP contribution in [0.1, 0.15) is 30.0 Å². The van der Waals surface area contributed by atoms with E-state index in [1.807, 2.05) is 43.3 Å². The third-order valence-electron chi connectivity index (χ3n) is 8.93. The molecule has 45 heavy (non-hydrogen) atoms. The summed E-state index contributed by atoms with van der Waals surface area (Å²) in [6.07, 6.45) is 4.93. The van der Waals surface area contributed by atoms with E-state index in [9.17, 15) is 24.3 Å². The van der Waals surface area contributed by atoms with Gasteiger partial charge in [-0.2, -0.15) is 0 Å². The molecule has 5 bridgehead atoms. The summed E-state index contributed by atoms with van der Waals surface area (Å²) in [6, 6.07) is 12.6. The van der Waals surface area contributed by atoms with Crippen molar-refractivity contribution in [3.63, 3.8) is 0 Å². The highest BCUT2D eigenvalue weighted by molar-refractivity contribution is 9.11. The number of benzene rings is 2. The van der Waals surface area contributed by atoms with E-state index in [2.05, 4.69) is 21.2 Å². The van der Waals surface area contributed by atoms with Crippen LogP contribution < -0.4 is 10.2 Å². The van der Waals surface area contributed by atoms with Crippen LogP contribution in [0, 0.1) is 18.8 Å². The Morgan fingerprint density at radius 3 is 2.58 bits per heavy atom. The fourth-order valence-electron chi connectivity index (χ4n) is 6.97. The summed E-state index contributed by atoms with van der Waals surface area (Å²) in [5.74, 6) is -3.87. The van der Waals surface area contributed by atoms with Crippen molar-refractivity contribution in [3.05, 3.63) is 87.4 Å². The molecule has 0 aliphatic carbocycles. The molecule has 2 fully saturated rings. The van der Waals surface area contributed by atoms with Crippen LogP contribution in [-0.2, 0) is 28.7 Å². The van der Waals surface area contributed by atoms with Crippen molar-refractivity contribution in [2.45, 2.75) is 43.6 Å². The molecule has 6 rings (SSSR count). The van der Waals surface area contributed by atoms with Crippen LogP contribution in [0.5, 0.6) is 0 Å². The summed E-state index contributed by atoms with van der Waals surface area (Å²) < 4.78 is 12.7. The van der Waals surface area contributed by atoms with Gasteiger partial charge in [-0.3, -0.25) is 19.2 Å². The third kappa shape index (κ3) is 5.49. The number of carbonyl (C=O) groups excluding carboxylic acids is 4. The van der Waals surface area contributed by atoms with Gasteiger partial charge in [-0.25, -0.2) is 0 Å². The average Bonchev–Trinajstić information content (AvgIpc) is 3.61. The predicted molar refractivity (Wildman–Crippen MR) is 169 cm³/mol. The van der Waals surface area contributed by atoms with Crippen LogP contribution in [0.3, 0.4) is 0 Å². The molecule has 4 aliphatic rings. The van der Waals surface area contributed by atoms with Gasteiger partial charge < -0.3 is 29.7 Å². The Bertz CT molecular complexity index is 1560. The van der Waals surface area contributed by atoms with E-state index in [0.717, 1.165) is 11.1 Å².